The Bertz CT molecular complexity index is 351. The van der Waals surface area contributed by atoms with E-state index >= 15 is 0 Å². The number of aliphatic hydroxyl groups excluding tert-OH is 1. The van der Waals surface area contributed by atoms with Crippen molar-refractivity contribution in [2.45, 2.75) is 26.1 Å². The Morgan fingerprint density at radius 2 is 1.94 bits per heavy atom. The van der Waals surface area contributed by atoms with Gasteiger partial charge in [-0.2, -0.15) is 0 Å². The van der Waals surface area contributed by atoms with Gasteiger partial charge in [0, 0.05) is 12.5 Å². The minimum atomic E-state index is -0.302. The molecule has 0 amide bonds. The molecule has 100 valence electrons. The molecule has 1 heterocycles. The molecule has 3 nitrogen and oxygen atoms in total. The summed E-state index contributed by atoms with van der Waals surface area (Å²) in [6.07, 6.45) is -0.236. The summed E-state index contributed by atoms with van der Waals surface area (Å²) in [5, 5.41) is 10.3. The fourth-order valence-corrected chi connectivity index (χ4v) is 2.48. The molecule has 1 aromatic carbocycles. The Hall–Kier alpha value is -0.900. The van der Waals surface area contributed by atoms with Crippen LogP contribution in [0.3, 0.4) is 0 Å². The van der Waals surface area contributed by atoms with E-state index in [9.17, 15) is 5.11 Å². The predicted octanol–water partition coefficient (Wildman–Crippen LogP) is 2.08. The van der Waals surface area contributed by atoms with E-state index in [1.165, 1.54) is 5.56 Å². The number of hydrogen-bond donors (Lipinski definition) is 1. The van der Waals surface area contributed by atoms with E-state index in [2.05, 4.69) is 30.9 Å². The minimum absolute atomic E-state index is 0.0664. The van der Waals surface area contributed by atoms with Gasteiger partial charge in [0.2, 0.25) is 0 Å². The van der Waals surface area contributed by atoms with Crippen molar-refractivity contribution in [3.05, 3.63) is 35.9 Å². The standard InChI is InChI=1S/C15H23NO2/c1-3-16(4-2)10-14(17)13-11-18-15(13)12-8-6-5-7-9-12/h5-9,13-15,17H,3-4,10-11H2,1-2H3/t13-,14?,15-/m1/s1. The quantitative estimate of drug-likeness (QED) is 0.838. The number of aliphatic hydroxyl groups is 1. The molecule has 0 aliphatic carbocycles. The molecular weight excluding hydrogens is 226 g/mol. The van der Waals surface area contributed by atoms with Crippen molar-refractivity contribution in [3.8, 4) is 0 Å². The third-order valence-corrected chi connectivity index (χ3v) is 3.82. The van der Waals surface area contributed by atoms with E-state index in [0.717, 1.165) is 19.6 Å². The fourth-order valence-electron chi connectivity index (χ4n) is 2.48. The first-order valence-electron chi connectivity index (χ1n) is 6.83. The van der Waals surface area contributed by atoms with Crippen LogP contribution in [0.2, 0.25) is 0 Å². The van der Waals surface area contributed by atoms with Crippen LogP contribution < -0.4 is 0 Å². The summed E-state index contributed by atoms with van der Waals surface area (Å²) in [7, 11) is 0. The molecule has 0 radical (unpaired) electrons. The van der Waals surface area contributed by atoms with Crippen molar-refractivity contribution in [1.29, 1.82) is 0 Å². The van der Waals surface area contributed by atoms with Crippen molar-refractivity contribution < 1.29 is 9.84 Å². The van der Waals surface area contributed by atoms with Gasteiger partial charge in [-0.15, -0.1) is 0 Å². The van der Waals surface area contributed by atoms with Gasteiger partial charge in [0.1, 0.15) is 0 Å². The Morgan fingerprint density at radius 3 is 2.44 bits per heavy atom. The van der Waals surface area contributed by atoms with Gasteiger partial charge in [0.25, 0.3) is 0 Å². The van der Waals surface area contributed by atoms with Crippen LogP contribution in [0, 0.1) is 5.92 Å². The van der Waals surface area contributed by atoms with Gasteiger partial charge in [-0.1, -0.05) is 44.2 Å². The van der Waals surface area contributed by atoms with Gasteiger partial charge in [0.05, 0.1) is 18.8 Å². The molecule has 1 N–H and O–H groups in total. The van der Waals surface area contributed by atoms with Crippen LogP contribution in [-0.4, -0.2) is 42.4 Å². The first-order chi connectivity index (χ1) is 8.76. The maximum Gasteiger partial charge on any atom is 0.0900 e. The maximum atomic E-state index is 10.3. The van der Waals surface area contributed by atoms with Crippen LogP contribution >= 0.6 is 0 Å². The number of benzene rings is 1. The van der Waals surface area contributed by atoms with Crippen molar-refractivity contribution in [2.75, 3.05) is 26.2 Å². The van der Waals surface area contributed by atoms with Gasteiger partial charge in [-0.3, -0.25) is 0 Å². The maximum absolute atomic E-state index is 10.3. The predicted molar refractivity (Wildman–Crippen MR) is 72.4 cm³/mol. The molecule has 1 aromatic rings. The number of nitrogens with zero attached hydrogens (tertiary/aromatic N) is 1. The van der Waals surface area contributed by atoms with E-state index < -0.39 is 0 Å². The van der Waals surface area contributed by atoms with Crippen molar-refractivity contribution in [1.82, 2.24) is 4.90 Å². The lowest BCUT2D eigenvalue weighted by Crippen LogP contribution is -2.46. The average molecular weight is 249 g/mol. The zero-order valence-electron chi connectivity index (χ0n) is 11.2. The Labute approximate surface area is 109 Å². The number of ether oxygens (including phenoxy) is 1. The van der Waals surface area contributed by atoms with Crippen molar-refractivity contribution >= 4 is 0 Å². The molecule has 2 rings (SSSR count). The Morgan fingerprint density at radius 1 is 1.28 bits per heavy atom. The van der Waals surface area contributed by atoms with Crippen molar-refractivity contribution in [3.63, 3.8) is 0 Å². The second kappa shape index (κ2) is 6.32. The van der Waals surface area contributed by atoms with E-state index in [-0.39, 0.29) is 18.1 Å². The molecule has 1 unspecified atom stereocenters. The van der Waals surface area contributed by atoms with E-state index in [1.807, 2.05) is 18.2 Å². The first-order valence-corrected chi connectivity index (χ1v) is 6.83. The third kappa shape index (κ3) is 2.91. The summed E-state index contributed by atoms with van der Waals surface area (Å²) in [5.74, 6) is 0.230. The Kier molecular flexibility index (Phi) is 4.75. The molecular formula is C15H23NO2. The SMILES string of the molecule is CCN(CC)CC(O)[C@H]1CO[C@@H]1c1ccccc1. The second-order valence-electron chi connectivity index (χ2n) is 4.88. The lowest BCUT2D eigenvalue weighted by molar-refractivity contribution is -0.164. The largest absolute Gasteiger partial charge is 0.391 e. The molecule has 3 atom stereocenters. The van der Waals surface area contributed by atoms with E-state index in [0.29, 0.717) is 6.61 Å². The third-order valence-electron chi connectivity index (χ3n) is 3.82. The second-order valence-corrected chi connectivity index (χ2v) is 4.88. The van der Waals surface area contributed by atoms with E-state index in [1.54, 1.807) is 0 Å². The smallest absolute Gasteiger partial charge is 0.0900 e. The molecule has 1 aliphatic heterocycles. The molecule has 0 bridgehead atoms. The van der Waals surface area contributed by atoms with Gasteiger partial charge in [-0.05, 0) is 18.7 Å². The highest BCUT2D eigenvalue weighted by Crippen LogP contribution is 2.37. The summed E-state index contributed by atoms with van der Waals surface area (Å²) >= 11 is 0. The number of rotatable bonds is 6. The van der Waals surface area contributed by atoms with Gasteiger partial charge >= 0.3 is 0 Å². The lowest BCUT2D eigenvalue weighted by atomic mass is 9.87. The fraction of sp³-hybridized carbons (Fsp3) is 0.600. The molecule has 1 fully saturated rings. The first kappa shape index (κ1) is 13.5. The molecule has 1 aliphatic rings. The summed E-state index contributed by atoms with van der Waals surface area (Å²) in [4.78, 5) is 2.26. The molecule has 3 heteroatoms. The summed E-state index contributed by atoms with van der Waals surface area (Å²) in [6.45, 7) is 7.63. The van der Waals surface area contributed by atoms with Crippen LogP contribution in [-0.2, 0) is 4.74 Å². The van der Waals surface area contributed by atoms with Crippen molar-refractivity contribution in [2.24, 2.45) is 5.92 Å². The van der Waals surface area contributed by atoms with Crippen LogP contribution in [0.1, 0.15) is 25.5 Å². The normalized spacial score (nSPS) is 24.9. The van der Waals surface area contributed by atoms with Gasteiger partial charge in [0.15, 0.2) is 0 Å². The summed E-state index contributed by atoms with van der Waals surface area (Å²) < 4.78 is 5.62. The molecule has 1 saturated heterocycles. The number of likely N-dealkylation sites (N-methyl/N-ethyl adjacent to an activating group) is 1. The monoisotopic (exact) mass is 249 g/mol. The molecule has 0 saturated carbocycles. The summed E-state index contributed by atoms with van der Waals surface area (Å²) in [5.41, 5.74) is 1.17. The highest BCUT2D eigenvalue weighted by Gasteiger charge is 2.38. The topological polar surface area (TPSA) is 32.7 Å². The molecule has 0 spiro atoms. The minimum Gasteiger partial charge on any atom is -0.391 e. The molecule has 0 aromatic heterocycles. The van der Waals surface area contributed by atoms with Crippen LogP contribution in [0.15, 0.2) is 30.3 Å². The highest BCUT2D eigenvalue weighted by molar-refractivity contribution is 5.20. The summed E-state index contributed by atoms with van der Waals surface area (Å²) in [6, 6.07) is 10.2. The van der Waals surface area contributed by atoms with E-state index in [4.69, 9.17) is 4.74 Å². The Balaban J connectivity index is 1.93. The highest BCUT2D eigenvalue weighted by atomic mass is 16.5. The van der Waals surface area contributed by atoms with Crippen LogP contribution in [0.25, 0.3) is 0 Å². The average Bonchev–Trinajstić information content (AvgIpc) is 2.36. The van der Waals surface area contributed by atoms with Gasteiger partial charge in [-0.25, -0.2) is 0 Å². The van der Waals surface area contributed by atoms with Crippen LogP contribution in [0.5, 0.6) is 0 Å². The lowest BCUT2D eigenvalue weighted by Gasteiger charge is -2.41. The molecule has 18 heavy (non-hydrogen) atoms. The number of hydrogen-bond acceptors (Lipinski definition) is 3. The zero-order chi connectivity index (χ0) is 13.0. The van der Waals surface area contributed by atoms with Crippen LogP contribution in [0.4, 0.5) is 0 Å². The zero-order valence-corrected chi connectivity index (χ0v) is 11.2. The van der Waals surface area contributed by atoms with Gasteiger partial charge < -0.3 is 14.7 Å².